The van der Waals surface area contributed by atoms with Crippen LogP contribution in [-0.2, 0) is 4.74 Å². The maximum atomic E-state index is 12.3. The van der Waals surface area contributed by atoms with E-state index in [9.17, 15) is 14.7 Å². The Morgan fingerprint density at radius 2 is 2.14 bits per heavy atom. The number of aliphatic hydroxyl groups excluding tert-OH is 1. The Kier molecular flexibility index (Phi) is 5.00. The van der Waals surface area contributed by atoms with E-state index in [0.29, 0.717) is 5.76 Å². The molecule has 4 rings (SSSR count). The summed E-state index contributed by atoms with van der Waals surface area (Å²) in [4.78, 5) is 29.6. The quantitative estimate of drug-likeness (QED) is 0.380. The first-order chi connectivity index (χ1) is 14.1. The van der Waals surface area contributed by atoms with Crippen LogP contribution in [0.25, 0.3) is 33.0 Å². The molecule has 3 aromatic rings. The van der Waals surface area contributed by atoms with Gasteiger partial charge in [0, 0.05) is 29.2 Å². The molecule has 3 heterocycles. The zero-order valence-corrected chi connectivity index (χ0v) is 15.0. The van der Waals surface area contributed by atoms with E-state index in [1.165, 1.54) is 10.8 Å². The van der Waals surface area contributed by atoms with E-state index in [2.05, 4.69) is 20.2 Å². The number of rotatable bonds is 5. The lowest BCUT2D eigenvalue weighted by Gasteiger charge is -2.15. The van der Waals surface area contributed by atoms with Crippen LogP contribution < -0.4 is 11.2 Å². The van der Waals surface area contributed by atoms with E-state index in [0.717, 1.165) is 5.56 Å². The van der Waals surface area contributed by atoms with E-state index in [1.807, 2.05) is 30.3 Å². The molecule has 1 unspecified atom stereocenters. The van der Waals surface area contributed by atoms with Crippen molar-refractivity contribution in [1.29, 1.82) is 0 Å². The number of aromatic nitrogens is 3. The number of ether oxygens (including phenoxy) is 1. The molecule has 0 saturated carbocycles. The fourth-order valence-corrected chi connectivity index (χ4v) is 3.26. The second-order valence-electron chi connectivity index (χ2n) is 6.47. The summed E-state index contributed by atoms with van der Waals surface area (Å²) in [5.74, 6) is 0.471. The first-order valence-electron chi connectivity index (χ1n) is 8.79. The minimum atomic E-state index is -0.814. The Bertz CT molecular complexity index is 1180. The van der Waals surface area contributed by atoms with Crippen LogP contribution in [0.2, 0.25) is 0 Å². The zero-order valence-electron chi connectivity index (χ0n) is 15.0. The highest BCUT2D eigenvalue weighted by Gasteiger charge is 2.36. The molecule has 1 aliphatic rings. The molecular weight excluding hydrogens is 380 g/mol. The molecule has 3 atom stereocenters. The van der Waals surface area contributed by atoms with Gasteiger partial charge in [0.25, 0.3) is 5.56 Å². The van der Waals surface area contributed by atoms with Gasteiger partial charge >= 0.3 is 5.69 Å². The molecule has 0 amide bonds. The van der Waals surface area contributed by atoms with Crippen LogP contribution in [-0.4, -0.2) is 38.6 Å². The van der Waals surface area contributed by atoms with Gasteiger partial charge in [0.2, 0.25) is 0 Å². The van der Waals surface area contributed by atoms with Crippen LogP contribution >= 0.6 is 0 Å². The Hall–Kier alpha value is -3.66. The van der Waals surface area contributed by atoms with E-state index in [-0.39, 0.29) is 24.3 Å². The first kappa shape index (κ1) is 18.7. The molecule has 1 saturated heterocycles. The SMILES string of the molecule is [N-]=[N+]=NC1C[C@H](n2cc(-c3cc(-c4ccccc4)on3)c(=O)[nH]c2=O)O[C@@H]1CO. The summed E-state index contributed by atoms with van der Waals surface area (Å²) in [5.41, 5.74) is 8.51. The van der Waals surface area contributed by atoms with Crippen LogP contribution in [0.3, 0.4) is 0 Å². The molecule has 1 fully saturated rings. The Balaban J connectivity index is 1.70. The zero-order chi connectivity index (χ0) is 20.4. The summed E-state index contributed by atoms with van der Waals surface area (Å²) in [6.45, 7) is -0.366. The molecule has 29 heavy (non-hydrogen) atoms. The van der Waals surface area contributed by atoms with Crippen molar-refractivity contribution in [3.8, 4) is 22.6 Å². The van der Waals surface area contributed by atoms with Crippen LogP contribution in [0, 0.1) is 0 Å². The van der Waals surface area contributed by atoms with E-state index in [4.69, 9.17) is 14.8 Å². The molecule has 148 valence electrons. The summed E-state index contributed by atoms with van der Waals surface area (Å²) in [6.07, 6.45) is -0.0544. The largest absolute Gasteiger partial charge is 0.394 e. The Morgan fingerprint density at radius 1 is 1.34 bits per heavy atom. The Morgan fingerprint density at radius 3 is 2.86 bits per heavy atom. The van der Waals surface area contributed by atoms with Crippen molar-refractivity contribution < 1.29 is 14.4 Å². The third kappa shape index (κ3) is 3.57. The van der Waals surface area contributed by atoms with Crippen LogP contribution in [0.15, 0.2) is 61.8 Å². The highest BCUT2D eigenvalue weighted by atomic mass is 16.5. The number of H-pyrrole nitrogens is 1. The lowest BCUT2D eigenvalue weighted by atomic mass is 10.1. The number of hydrogen-bond acceptors (Lipinski definition) is 7. The fourth-order valence-electron chi connectivity index (χ4n) is 3.26. The van der Waals surface area contributed by atoms with Gasteiger partial charge in [-0.05, 0) is 5.53 Å². The maximum Gasteiger partial charge on any atom is 0.330 e. The molecule has 2 aromatic heterocycles. The molecular formula is C18H16N6O5. The van der Waals surface area contributed by atoms with Crippen molar-refractivity contribution in [1.82, 2.24) is 14.7 Å². The molecule has 1 aliphatic heterocycles. The van der Waals surface area contributed by atoms with Gasteiger partial charge in [0.05, 0.1) is 24.3 Å². The number of benzene rings is 1. The normalized spacial score (nSPS) is 21.1. The lowest BCUT2D eigenvalue weighted by Crippen LogP contribution is -2.33. The average molecular weight is 396 g/mol. The topological polar surface area (TPSA) is 159 Å². The molecule has 11 nitrogen and oxygen atoms in total. The smallest absolute Gasteiger partial charge is 0.330 e. The van der Waals surface area contributed by atoms with Gasteiger partial charge in [-0.25, -0.2) is 4.79 Å². The van der Waals surface area contributed by atoms with E-state index < -0.39 is 29.6 Å². The number of azide groups is 1. The fraction of sp³-hybridized carbons (Fsp3) is 0.278. The lowest BCUT2D eigenvalue weighted by molar-refractivity contribution is -0.0270. The van der Waals surface area contributed by atoms with Crippen molar-refractivity contribution in [2.24, 2.45) is 5.11 Å². The average Bonchev–Trinajstić information content (AvgIpc) is 3.36. The van der Waals surface area contributed by atoms with Gasteiger partial charge < -0.3 is 14.4 Å². The maximum absolute atomic E-state index is 12.3. The molecule has 0 radical (unpaired) electrons. The third-order valence-corrected chi connectivity index (χ3v) is 4.71. The molecule has 1 aromatic carbocycles. The van der Waals surface area contributed by atoms with Crippen molar-refractivity contribution >= 4 is 0 Å². The molecule has 0 aliphatic carbocycles. The predicted molar refractivity (Wildman–Crippen MR) is 101 cm³/mol. The number of aromatic amines is 1. The first-order valence-corrected chi connectivity index (χ1v) is 8.79. The second-order valence-corrected chi connectivity index (χ2v) is 6.47. The summed E-state index contributed by atoms with van der Waals surface area (Å²) in [5, 5.41) is 16.9. The predicted octanol–water partition coefficient (Wildman–Crippen LogP) is 1.82. The summed E-state index contributed by atoms with van der Waals surface area (Å²) >= 11 is 0. The standard InChI is InChI=1S/C18H16N6O5/c19-23-21-13-7-16(28-15(13)9-25)24-8-11(17(26)20-18(24)27)12-6-14(29-22-12)10-4-2-1-3-5-10/h1-6,8,13,15-16,25H,7,9H2,(H,20,26,27)/t13?,15-,16-/m1/s1. The van der Waals surface area contributed by atoms with Crippen molar-refractivity contribution in [3.05, 3.63) is 73.9 Å². The van der Waals surface area contributed by atoms with Gasteiger partial charge in [0.1, 0.15) is 11.9 Å². The van der Waals surface area contributed by atoms with Crippen molar-refractivity contribution in [3.63, 3.8) is 0 Å². The molecule has 0 bridgehead atoms. The van der Waals surface area contributed by atoms with E-state index in [1.54, 1.807) is 6.07 Å². The van der Waals surface area contributed by atoms with Gasteiger partial charge in [0.15, 0.2) is 5.76 Å². The van der Waals surface area contributed by atoms with Crippen molar-refractivity contribution in [2.75, 3.05) is 6.61 Å². The van der Waals surface area contributed by atoms with Gasteiger partial charge in [-0.15, -0.1) is 0 Å². The van der Waals surface area contributed by atoms with Gasteiger partial charge in [-0.3, -0.25) is 14.3 Å². The monoisotopic (exact) mass is 396 g/mol. The number of nitrogens with one attached hydrogen (secondary N) is 1. The number of nitrogens with zero attached hydrogens (tertiary/aromatic N) is 5. The number of aliphatic hydroxyl groups is 1. The van der Waals surface area contributed by atoms with Crippen LogP contribution in [0.4, 0.5) is 0 Å². The van der Waals surface area contributed by atoms with Gasteiger partial charge in [-0.1, -0.05) is 40.6 Å². The van der Waals surface area contributed by atoms with Gasteiger partial charge in [-0.2, -0.15) is 0 Å². The summed E-state index contributed by atoms with van der Waals surface area (Å²) in [7, 11) is 0. The van der Waals surface area contributed by atoms with Crippen LogP contribution in [0.5, 0.6) is 0 Å². The summed E-state index contributed by atoms with van der Waals surface area (Å²) in [6, 6.07) is 10.2. The molecule has 0 spiro atoms. The summed E-state index contributed by atoms with van der Waals surface area (Å²) < 4.78 is 12.1. The minimum Gasteiger partial charge on any atom is -0.394 e. The van der Waals surface area contributed by atoms with Crippen molar-refractivity contribution in [2.45, 2.75) is 24.8 Å². The molecule has 11 heteroatoms. The Labute approximate surface area is 162 Å². The minimum absolute atomic E-state index is 0.118. The van der Waals surface area contributed by atoms with E-state index >= 15 is 0 Å². The second kappa shape index (κ2) is 7.76. The van der Waals surface area contributed by atoms with Crippen LogP contribution in [0.1, 0.15) is 12.6 Å². The number of hydrogen-bond donors (Lipinski definition) is 2. The third-order valence-electron chi connectivity index (χ3n) is 4.71. The highest BCUT2D eigenvalue weighted by Crippen LogP contribution is 2.30. The molecule has 2 N–H and O–H groups in total. The highest BCUT2D eigenvalue weighted by molar-refractivity contribution is 5.65.